The lowest BCUT2D eigenvalue weighted by Gasteiger charge is -2.17. The van der Waals surface area contributed by atoms with Gasteiger partial charge in [-0.3, -0.25) is 4.79 Å². The summed E-state index contributed by atoms with van der Waals surface area (Å²) >= 11 is 0. The first kappa shape index (κ1) is 20.4. The van der Waals surface area contributed by atoms with Crippen LogP contribution in [0.5, 0.6) is 5.75 Å². The maximum atomic E-state index is 11.5. The van der Waals surface area contributed by atoms with E-state index in [-0.39, 0.29) is 12.1 Å². The van der Waals surface area contributed by atoms with Crippen molar-refractivity contribution in [3.8, 4) is 5.75 Å². The summed E-state index contributed by atoms with van der Waals surface area (Å²) in [7, 11) is 1.64. The Morgan fingerprint density at radius 2 is 2.10 bits per heavy atom. The Morgan fingerprint density at radius 3 is 2.79 bits per heavy atom. The average Bonchev–Trinajstić information content (AvgIpc) is 2.77. The highest BCUT2D eigenvalue weighted by Gasteiger charge is 2.12. The first-order valence-electron chi connectivity index (χ1n) is 9.42. The highest BCUT2D eigenvalue weighted by molar-refractivity contribution is 5.94. The largest absolute Gasteiger partial charge is 0.496 e. The van der Waals surface area contributed by atoms with Gasteiger partial charge in [0, 0.05) is 29.9 Å². The number of hydrogen-bond acceptors (Lipinski definition) is 5. The first-order chi connectivity index (χ1) is 14.1. The third-order valence-electron chi connectivity index (χ3n) is 4.78. The van der Waals surface area contributed by atoms with Crippen molar-refractivity contribution >= 4 is 29.6 Å². The third-order valence-corrected chi connectivity index (χ3v) is 4.78. The van der Waals surface area contributed by atoms with Crippen LogP contribution in [0.3, 0.4) is 0 Å². The summed E-state index contributed by atoms with van der Waals surface area (Å²) < 4.78 is 5.57. The van der Waals surface area contributed by atoms with Gasteiger partial charge in [0.2, 0.25) is 0 Å². The molecule has 150 valence electrons. The second-order valence-electron chi connectivity index (χ2n) is 6.68. The molecule has 1 aliphatic heterocycles. The van der Waals surface area contributed by atoms with Crippen LogP contribution in [-0.2, 0) is 4.79 Å². The molecule has 29 heavy (non-hydrogen) atoms. The molecule has 2 aromatic rings. The van der Waals surface area contributed by atoms with Crippen LogP contribution in [0.1, 0.15) is 27.9 Å². The maximum Gasteiger partial charge on any atom is 0.337 e. The second-order valence-corrected chi connectivity index (χ2v) is 6.68. The lowest BCUT2D eigenvalue weighted by molar-refractivity contribution is -0.104. The molecule has 0 unspecified atom stereocenters. The van der Waals surface area contributed by atoms with E-state index in [1.54, 1.807) is 31.4 Å². The second kappa shape index (κ2) is 9.71. The van der Waals surface area contributed by atoms with E-state index in [1.807, 2.05) is 18.2 Å². The number of ether oxygens (including phenoxy) is 1. The van der Waals surface area contributed by atoms with Crippen molar-refractivity contribution in [3.63, 3.8) is 0 Å². The fraction of sp³-hybridized carbons (Fsp3) is 0.217. The minimum Gasteiger partial charge on any atom is -0.496 e. The van der Waals surface area contributed by atoms with Gasteiger partial charge in [0.05, 0.1) is 12.7 Å². The highest BCUT2D eigenvalue weighted by atomic mass is 16.5. The number of rotatable bonds is 8. The lowest BCUT2D eigenvalue weighted by Crippen LogP contribution is -2.20. The van der Waals surface area contributed by atoms with Crippen LogP contribution in [0, 0.1) is 0 Å². The molecule has 6 nitrogen and oxygen atoms in total. The molecule has 0 aromatic heterocycles. The van der Waals surface area contributed by atoms with Crippen molar-refractivity contribution in [2.75, 3.05) is 32.1 Å². The van der Waals surface area contributed by atoms with Crippen LogP contribution in [-0.4, -0.2) is 44.1 Å². The number of carbonyl (C=O) groups is 2. The molecule has 0 fully saturated rings. The normalized spacial score (nSPS) is 14.1. The summed E-state index contributed by atoms with van der Waals surface area (Å²) in [6.45, 7) is 2.00. The Morgan fingerprint density at radius 1 is 1.28 bits per heavy atom. The molecule has 3 N–H and O–H groups in total. The van der Waals surface area contributed by atoms with Crippen molar-refractivity contribution in [3.05, 3.63) is 70.8 Å². The van der Waals surface area contributed by atoms with Gasteiger partial charge < -0.3 is 20.5 Å². The zero-order valence-corrected chi connectivity index (χ0v) is 16.3. The topological polar surface area (TPSA) is 87.7 Å². The van der Waals surface area contributed by atoms with Crippen LogP contribution < -0.4 is 15.4 Å². The lowest BCUT2D eigenvalue weighted by atomic mass is 9.97. The third kappa shape index (κ3) is 5.12. The molecule has 0 atom stereocenters. The molecular formula is C23H24N2O4. The van der Waals surface area contributed by atoms with Crippen LogP contribution in [0.25, 0.3) is 11.6 Å². The Hall–Kier alpha value is -3.38. The molecule has 0 aliphatic carbocycles. The Kier molecular flexibility index (Phi) is 6.81. The maximum absolute atomic E-state index is 11.5. The van der Waals surface area contributed by atoms with Crippen molar-refractivity contribution in [1.29, 1.82) is 0 Å². The standard InChI is InChI=1S/C23H24N2O4/c1-29-22-13-16(6-7-19(22)18-8-10-24-11-9-18)12-17(15-26)14-25-21-5-3-2-4-20(21)23(27)28/h2-8,12-13,15,24-25H,9-11,14H2,1H3,(H,27,28)/b17-12-. The zero-order chi connectivity index (χ0) is 20.6. The van der Waals surface area contributed by atoms with Gasteiger partial charge in [0.15, 0.2) is 0 Å². The summed E-state index contributed by atoms with van der Waals surface area (Å²) in [4.78, 5) is 22.9. The minimum atomic E-state index is -1.02. The number of para-hydroxylation sites is 1. The predicted octanol–water partition coefficient (Wildman–Crippen LogP) is 3.46. The summed E-state index contributed by atoms with van der Waals surface area (Å²) in [6.07, 6.45) is 5.65. The number of carboxylic acids is 1. The molecule has 2 aromatic carbocycles. The number of carboxylic acid groups (broad SMARTS) is 1. The first-order valence-corrected chi connectivity index (χ1v) is 9.42. The Balaban J connectivity index is 1.79. The number of benzene rings is 2. The van der Waals surface area contributed by atoms with Gasteiger partial charge in [0.1, 0.15) is 12.0 Å². The number of anilines is 1. The average molecular weight is 392 g/mol. The minimum absolute atomic E-state index is 0.166. The van der Waals surface area contributed by atoms with E-state index in [1.165, 1.54) is 11.6 Å². The summed E-state index contributed by atoms with van der Waals surface area (Å²) in [5.41, 5.74) is 4.29. The quantitative estimate of drug-likeness (QED) is 0.471. The Labute approximate surface area is 169 Å². The van der Waals surface area contributed by atoms with E-state index >= 15 is 0 Å². The van der Waals surface area contributed by atoms with Gasteiger partial charge in [-0.1, -0.05) is 30.3 Å². The van der Waals surface area contributed by atoms with Crippen molar-refractivity contribution in [1.82, 2.24) is 5.32 Å². The van der Waals surface area contributed by atoms with E-state index in [9.17, 15) is 14.7 Å². The van der Waals surface area contributed by atoms with Crippen LogP contribution in [0.15, 0.2) is 54.1 Å². The van der Waals surface area contributed by atoms with Gasteiger partial charge in [-0.25, -0.2) is 4.79 Å². The van der Waals surface area contributed by atoms with Gasteiger partial charge in [-0.15, -0.1) is 0 Å². The van der Waals surface area contributed by atoms with E-state index in [2.05, 4.69) is 16.7 Å². The summed E-state index contributed by atoms with van der Waals surface area (Å²) in [6, 6.07) is 12.5. The van der Waals surface area contributed by atoms with Crippen molar-refractivity contribution in [2.24, 2.45) is 0 Å². The number of aromatic carboxylic acids is 1. The molecule has 6 heteroatoms. The molecule has 0 spiro atoms. The molecule has 1 heterocycles. The molecule has 0 radical (unpaired) electrons. The highest BCUT2D eigenvalue weighted by Crippen LogP contribution is 2.30. The summed E-state index contributed by atoms with van der Waals surface area (Å²) in [5, 5.41) is 15.6. The molecule has 3 rings (SSSR count). The van der Waals surface area contributed by atoms with Crippen molar-refractivity contribution < 1.29 is 19.4 Å². The van der Waals surface area contributed by atoms with Crippen LogP contribution in [0.4, 0.5) is 5.69 Å². The number of carbonyl (C=O) groups excluding carboxylic acids is 1. The zero-order valence-electron chi connectivity index (χ0n) is 16.3. The van der Waals surface area contributed by atoms with Gasteiger partial charge >= 0.3 is 5.97 Å². The van der Waals surface area contributed by atoms with Crippen LogP contribution in [0.2, 0.25) is 0 Å². The van der Waals surface area contributed by atoms with Gasteiger partial charge in [-0.05, 0) is 48.4 Å². The molecule has 0 saturated heterocycles. The molecule has 0 bridgehead atoms. The van der Waals surface area contributed by atoms with E-state index in [0.717, 1.165) is 42.7 Å². The molecular weight excluding hydrogens is 368 g/mol. The molecule has 1 aliphatic rings. The number of nitrogens with one attached hydrogen (secondary N) is 2. The van der Waals surface area contributed by atoms with E-state index in [0.29, 0.717) is 11.3 Å². The van der Waals surface area contributed by atoms with E-state index in [4.69, 9.17) is 4.74 Å². The number of aldehydes is 1. The number of hydrogen-bond donors (Lipinski definition) is 3. The Bertz CT molecular complexity index is 963. The van der Waals surface area contributed by atoms with Gasteiger partial charge in [0.25, 0.3) is 0 Å². The van der Waals surface area contributed by atoms with E-state index < -0.39 is 5.97 Å². The fourth-order valence-corrected chi connectivity index (χ4v) is 3.29. The predicted molar refractivity (Wildman–Crippen MR) is 114 cm³/mol. The van der Waals surface area contributed by atoms with Gasteiger partial charge in [-0.2, -0.15) is 0 Å². The molecule has 0 saturated carbocycles. The summed E-state index contributed by atoms with van der Waals surface area (Å²) in [5.74, 6) is -0.251. The smallest absolute Gasteiger partial charge is 0.337 e. The fourth-order valence-electron chi connectivity index (χ4n) is 3.29. The monoisotopic (exact) mass is 392 g/mol. The van der Waals surface area contributed by atoms with Crippen molar-refractivity contribution in [2.45, 2.75) is 6.42 Å². The SMILES string of the molecule is COc1cc(/C=C(\C=O)CNc2ccccc2C(=O)O)ccc1C1=CCNCC1. The number of methoxy groups -OCH3 is 1. The van der Waals surface area contributed by atoms with Crippen LogP contribution >= 0.6 is 0 Å². The molecule has 0 amide bonds.